The van der Waals surface area contributed by atoms with E-state index in [1.165, 1.54) is 16.2 Å². The molecule has 3 heterocycles. The lowest BCUT2D eigenvalue weighted by atomic mass is 10.2. The first-order chi connectivity index (χ1) is 12.7. The normalized spacial score (nSPS) is 17.3. The molecule has 1 aliphatic heterocycles. The summed E-state index contributed by atoms with van der Waals surface area (Å²) in [6.07, 6.45) is -3.43. The highest BCUT2D eigenvalue weighted by Crippen LogP contribution is 2.35. The number of thiophene rings is 1. The lowest BCUT2D eigenvalue weighted by Crippen LogP contribution is -2.40. The lowest BCUT2D eigenvalue weighted by Gasteiger charge is -2.25. The van der Waals surface area contributed by atoms with Crippen LogP contribution < -0.4 is 11.3 Å². The molecule has 2 amide bonds. The Kier molecular flexibility index (Phi) is 5.09. The van der Waals surface area contributed by atoms with Gasteiger partial charge in [-0.2, -0.15) is 13.2 Å². The molecule has 1 atom stereocenters. The minimum Gasteiger partial charge on any atom is -0.365 e. The van der Waals surface area contributed by atoms with Crippen molar-refractivity contribution in [2.75, 3.05) is 6.54 Å². The van der Waals surface area contributed by atoms with Gasteiger partial charge in [-0.25, -0.2) is 0 Å². The second kappa shape index (κ2) is 7.18. The Morgan fingerprint density at radius 3 is 2.59 bits per heavy atom. The van der Waals surface area contributed by atoms with Crippen LogP contribution in [0.1, 0.15) is 39.8 Å². The summed E-state index contributed by atoms with van der Waals surface area (Å²) in [6.45, 7) is -0.413. The van der Waals surface area contributed by atoms with Crippen molar-refractivity contribution in [1.82, 2.24) is 9.47 Å². The smallest absolute Gasteiger partial charge is 0.365 e. The fourth-order valence-corrected chi connectivity index (χ4v) is 4.11. The molecule has 0 spiro atoms. The van der Waals surface area contributed by atoms with Crippen molar-refractivity contribution in [3.8, 4) is 0 Å². The van der Waals surface area contributed by atoms with Crippen LogP contribution >= 0.6 is 11.3 Å². The van der Waals surface area contributed by atoms with Gasteiger partial charge in [-0.05, 0) is 36.4 Å². The molecule has 10 heteroatoms. The number of aromatic nitrogens is 1. The number of pyridine rings is 1. The van der Waals surface area contributed by atoms with Crippen molar-refractivity contribution in [2.24, 2.45) is 5.73 Å². The lowest BCUT2D eigenvalue weighted by molar-refractivity contribution is -0.145. The maximum atomic E-state index is 13.3. The van der Waals surface area contributed by atoms with Gasteiger partial charge >= 0.3 is 6.18 Å². The zero-order valence-corrected chi connectivity index (χ0v) is 14.8. The Balaban J connectivity index is 1.96. The van der Waals surface area contributed by atoms with Crippen LogP contribution in [-0.4, -0.2) is 27.8 Å². The summed E-state index contributed by atoms with van der Waals surface area (Å²) in [7, 11) is 0. The van der Waals surface area contributed by atoms with E-state index in [1.54, 1.807) is 0 Å². The van der Waals surface area contributed by atoms with E-state index in [0.29, 0.717) is 19.0 Å². The molecule has 3 rings (SSSR count). The van der Waals surface area contributed by atoms with E-state index >= 15 is 0 Å². The standard InChI is InChI=1S/C17H16F3N3O3S/c18-17(19,20)13-6-5-10(15(21)25)16(26)23(13)9-14(24)22-7-1-3-11(22)12-4-2-8-27-12/h2,4-6,8,11H,1,3,7,9H2,(H2,21,25)/t11-/m0/s1. The highest BCUT2D eigenvalue weighted by atomic mass is 32.1. The van der Waals surface area contributed by atoms with E-state index in [2.05, 4.69) is 0 Å². The van der Waals surface area contributed by atoms with Gasteiger partial charge in [0.05, 0.1) is 6.04 Å². The van der Waals surface area contributed by atoms with Crippen LogP contribution in [0.2, 0.25) is 0 Å². The minimum atomic E-state index is -4.85. The van der Waals surface area contributed by atoms with Crippen LogP contribution in [0.4, 0.5) is 13.2 Å². The zero-order valence-electron chi connectivity index (χ0n) is 14.0. The van der Waals surface area contributed by atoms with Gasteiger partial charge in [-0.3, -0.25) is 19.0 Å². The van der Waals surface area contributed by atoms with Gasteiger partial charge in [-0.15, -0.1) is 11.3 Å². The number of nitrogens with zero attached hydrogens (tertiary/aromatic N) is 2. The van der Waals surface area contributed by atoms with Crippen LogP contribution in [-0.2, 0) is 17.5 Å². The molecule has 2 aromatic rings. The molecule has 2 aromatic heterocycles. The van der Waals surface area contributed by atoms with E-state index < -0.39 is 41.4 Å². The quantitative estimate of drug-likeness (QED) is 0.857. The summed E-state index contributed by atoms with van der Waals surface area (Å²) in [6, 6.07) is 4.81. The Morgan fingerprint density at radius 2 is 2.00 bits per heavy atom. The van der Waals surface area contributed by atoms with Crippen LogP contribution in [0, 0.1) is 0 Å². The number of halogens is 3. The third kappa shape index (κ3) is 3.75. The number of rotatable bonds is 4. The molecule has 0 bridgehead atoms. The average Bonchev–Trinajstić information content (AvgIpc) is 3.25. The van der Waals surface area contributed by atoms with Crippen molar-refractivity contribution < 1.29 is 22.8 Å². The monoisotopic (exact) mass is 399 g/mol. The fraction of sp³-hybridized carbons (Fsp3) is 0.353. The summed E-state index contributed by atoms with van der Waals surface area (Å²) in [5.41, 5.74) is 1.95. The summed E-state index contributed by atoms with van der Waals surface area (Å²) in [5, 5.41) is 1.86. The molecule has 0 aromatic carbocycles. The maximum absolute atomic E-state index is 13.3. The Hall–Kier alpha value is -2.62. The highest BCUT2D eigenvalue weighted by molar-refractivity contribution is 7.10. The largest absolute Gasteiger partial charge is 0.431 e. The number of carbonyl (C=O) groups is 2. The number of likely N-dealkylation sites (tertiary alicyclic amines) is 1. The van der Waals surface area contributed by atoms with Crippen molar-refractivity contribution in [3.05, 3.63) is 56.1 Å². The predicted molar refractivity (Wildman–Crippen MR) is 92.2 cm³/mol. The molecule has 27 heavy (non-hydrogen) atoms. The molecule has 1 fully saturated rings. The van der Waals surface area contributed by atoms with Gasteiger partial charge < -0.3 is 10.6 Å². The van der Waals surface area contributed by atoms with Gasteiger partial charge in [0, 0.05) is 11.4 Å². The van der Waals surface area contributed by atoms with Gasteiger partial charge in [-0.1, -0.05) is 6.07 Å². The van der Waals surface area contributed by atoms with Crippen molar-refractivity contribution in [2.45, 2.75) is 31.6 Å². The first-order valence-electron chi connectivity index (χ1n) is 8.14. The molecular formula is C17H16F3N3O3S. The molecule has 144 valence electrons. The number of nitrogens with two attached hydrogens (primary N) is 1. The summed E-state index contributed by atoms with van der Waals surface area (Å²) in [4.78, 5) is 38.8. The summed E-state index contributed by atoms with van der Waals surface area (Å²) in [5.74, 6) is -1.76. The Labute approximate surface area is 156 Å². The van der Waals surface area contributed by atoms with Crippen molar-refractivity contribution in [3.63, 3.8) is 0 Å². The van der Waals surface area contributed by atoms with Crippen molar-refractivity contribution >= 4 is 23.2 Å². The molecule has 0 radical (unpaired) electrons. The topological polar surface area (TPSA) is 85.4 Å². The number of hydrogen-bond acceptors (Lipinski definition) is 4. The van der Waals surface area contributed by atoms with E-state index in [-0.39, 0.29) is 10.6 Å². The third-order valence-electron chi connectivity index (χ3n) is 4.47. The van der Waals surface area contributed by atoms with Gasteiger partial charge in [0.2, 0.25) is 5.91 Å². The predicted octanol–water partition coefficient (Wildman–Crippen LogP) is 2.39. The van der Waals surface area contributed by atoms with E-state index in [4.69, 9.17) is 5.73 Å². The third-order valence-corrected chi connectivity index (χ3v) is 5.44. The second-order valence-electron chi connectivity index (χ2n) is 6.15. The van der Waals surface area contributed by atoms with Crippen molar-refractivity contribution in [1.29, 1.82) is 0 Å². The molecular weight excluding hydrogens is 383 g/mol. The maximum Gasteiger partial charge on any atom is 0.431 e. The van der Waals surface area contributed by atoms with Gasteiger partial charge in [0.25, 0.3) is 11.5 Å². The average molecular weight is 399 g/mol. The fourth-order valence-electron chi connectivity index (χ4n) is 3.24. The van der Waals surface area contributed by atoms with E-state index in [0.717, 1.165) is 17.4 Å². The summed E-state index contributed by atoms with van der Waals surface area (Å²) >= 11 is 1.46. The SMILES string of the molecule is NC(=O)c1ccc(C(F)(F)F)n(CC(=O)N2CCC[C@H]2c2cccs2)c1=O. The van der Waals surface area contributed by atoms with Crippen LogP contribution in [0.3, 0.4) is 0 Å². The number of amides is 2. The molecule has 6 nitrogen and oxygen atoms in total. The number of carbonyl (C=O) groups excluding carboxylic acids is 2. The van der Waals surface area contributed by atoms with Gasteiger partial charge in [0.1, 0.15) is 17.8 Å². The van der Waals surface area contributed by atoms with Crippen LogP contribution in [0.5, 0.6) is 0 Å². The zero-order chi connectivity index (χ0) is 19.8. The first-order valence-corrected chi connectivity index (χ1v) is 9.02. The molecule has 0 aliphatic carbocycles. The Morgan fingerprint density at radius 1 is 1.26 bits per heavy atom. The highest BCUT2D eigenvalue weighted by Gasteiger charge is 2.37. The van der Waals surface area contributed by atoms with Gasteiger partial charge in [0.15, 0.2) is 0 Å². The van der Waals surface area contributed by atoms with Crippen LogP contribution in [0.15, 0.2) is 34.4 Å². The Bertz CT molecular complexity index is 922. The molecule has 2 N–H and O–H groups in total. The first kappa shape index (κ1) is 19.2. The number of hydrogen-bond donors (Lipinski definition) is 1. The van der Waals surface area contributed by atoms with Crippen LogP contribution in [0.25, 0.3) is 0 Å². The second-order valence-corrected chi connectivity index (χ2v) is 7.13. The minimum absolute atomic E-state index is 0.220. The molecule has 0 saturated carbocycles. The molecule has 0 unspecified atom stereocenters. The molecule has 1 aliphatic rings. The number of primary amides is 1. The summed E-state index contributed by atoms with van der Waals surface area (Å²) < 4.78 is 40.2. The van der Waals surface area contributed by atoms with E-state index in [1.807, 2.05) is 17.5 Å². The van der Waals surface area contributed by atoms with E-state index in [9.17, 15) is 27.6 Å². The number of alkyl halides is 3. The molecule has 1 saturated heterocycles.